The SMILES string of the molecule is NC(c1cc(Cl)c(Br)cc1F)C12CC3CC(CC(C3)C1)C2. The Bertz CT molecular complexity index is 553. The van der Waals surface area contributed by atoms with E-state index in [0.29, 0.717) is 15.1 Å². The molecule has 4 fully saturated rings. The lowest BCUT2D eigenvalue weighted by Gasteiger charge is -2.59. The monoisotopic (exact) mass is 371 g/mol. The first-order valence-electron chi connectivity index (χ1n) is 7.87. The third kappa shape index (κ3) is 2.27. The van der Waals surface area contributed by atoms with Gasteiger partial charge in [0.05, 0.1) is 5.02 Å². The van der Waals surface area contributed by atoms with Crippen LogP contribution in [0.3, 0.4) is 0 Å². The fourth-order valence-corrected chi connectivity index (χ4v) is 6.15. The molecule has 114 valence electrons. The number of nitrogens with two attached hydrogens (primary N) is 1. The van der Waals surface area contributed by atoms with Gasteiger partial charge in [-0.2, -0.15) is 0 Å². The van der Waals surface area contributed by atoms with Crippen molar-refractivity contribution >= 4 is 27.5 Å². The highest BCUT2D eigenvalue weighted by Gasteiger charge is 2.54. The number of hydrogen-bond donors (Lipinski definition) is 1. The third-order valence-corrected chi connectivity index (χ3v) is 7.32. The van der Waals surface area contributed by atoms with Crippen LogP contribution >= 0.6 is 27.5 Å². The zero-order valence-electron chi connectivity index (χ0n) is 11.9. The quantitative estimate of drug-likeness (QED) is 0.686. The molecule has 4 aliphatic rings. The van der Waals surface area contributed by atoms with E-state index in [4.69, 9.17) is 17.3 Å². The first-order chi connectivity index (χ1) is 9.97. The summed E-state index contributed by atoms with van der Waals surface area (Å²) >= 11 is 9.45. The van der Waals surface area contributed by atoms with E-state index in [2.05, 4.69) is 15.9 Å². The molecular formula is C17H20BrClFN. The minimum atomic E-state index is -0.227. The first kappa shape index (κ1) is 14.5. The Kier molecular flexibility index (Phi) is 3.40. The Morgan fingerprint density at radius 1 is 1.14 bits per heavy atom. The summed E-state index contributed by atoms with van der Waals surface area (Å²) in [5.41, 5.74) is 7.31. The van der Waals surface area contributed by atoms with E-state index in [0.717, 1.165) is 17.8 Å². The molecule has 0 spiro atoms. The van der Waals surface area contributed by atoms with Crippen molar-refractivity contribution in [2.24, 2.45) is 28.9 Å². The molecule has 4 saturated carbocycles. The van der Waals surface area contributed by atoms with Crippen molar-refractivity contribution in [3.8, 4) is 0 Å². The van der Waals surface area contributed by atoms with Gasteiger partial charge in [-0.25, -0.2) is 4.39 Å². The molecule has 21 heavy (non-hydrogen) atoms. The molecule has 1 aromatic carbocycles. The molecule has 4 heteroatoms. The Morgan fingerprint density at radius 2 is 1.67 bits per heavy atom. The average Bonchev–Trinajstić information content (AvgIpc) is 2.40. The lowest BCUT2D eigenvalue weighted by Crippen LogP contribution is -2.51. The smallest absolute Gasteiger partial charge is 0.129 e. The van der Waals surface area contributed by atoms with Crippen LogP contribution in [-0.2, 0) is 0 Å². The highest BCUT2D eigenvalue weighted by atomic mass is 79.9. The summed E-state index contributed by atoms with van der Waals surface area (Å²) in [7, 11) is 0. The number of halogens is 3. The van der Waals surface area contributed by atoms with Crippen LogP contribution in [0.25, 0.3) is 0 Å². The lowest BCUT2D eigenvalue weighted by atomic mass is 9.47. The zero-order valence-corrected chi connectivity index (χ0v) is 14.3. The van der Waals surface area contributed by atoms with E-state index < -0.39 is 0 Å². The predicted octanol–water partition coefficient (Wildman–Crippen LogP) is 5.46. The second-order valence-corrected chi connectivity index (χ2v) is 8.81. The average molecular weight is 373 g/mol. The van der Waals surface area contributed by atoms with Gasteiger partial charge in [0, 0.05) is 16.1 Å². The van der Waals surface area contributed by atoms with Gasteiger partial charge in [0.25, 0.3) is 0 Å². The van der Waals surface area contributed by atoms with Gasteiger partial charge < -0.3 is 5.73 Å². The highest BCUT2D eigenvalue weighted by Crippen LogP contribution is 2.63. The van der Waals surface area contributed by atoms with Gasteiger partial charge in [-0.15, -0.1) is 0 Å². The van der Waals surface area contributed by atoms with E-state index in [1.165, 1.54) is 44.6 Å². The Morgan fingerprint density at radius 3 is 2.19 bits per heavy atom. The topological polar surface area (TPSA) is 26.0 Å². The van der Waals surface area contributed by atoms with Crippen LogP contribution in [0, 0.1) is 29.0 Å². The van der Waals surface area contributed by atoms with Gasteiger partial charge in [0.15, 0.2) is 0 Å². The third-order valence-electron chi connectivity index (χ3n) is 6.12. The van der Waals surface area contributed by atoms with Gasteiger partial charge in [0.2, 0.25) is 0 Å². The van der Waals surface area contributed by atoms with E-state index >= 15 is 0 Å². The second kappa shape index (κ2) is 4.94. The molecule has 0 radical (unpaired) electrons. The van der Waals surface area contributed by atoms with E-state index in [-0.39, 0.29) is 17.3 Å². The van der Waals surface area contributed by atoms with Crippen LogP contribution in [0.4, 0.5) is 4.39 Å². The van der Waals surface area contributed by atoms with Gasteiger partial charge >= 0.3 is 0 Å². The Labute approximate surface area is 138 Å². The van der Waals surface area contributed by atoms with Crippen molar-refractivity contribution in [3.63, 3.8) is 0 Å². The standard InChI is InChI=1S/C17H20BrClFN/c18-13-5-15(20)12(4-14(13)19)16(21)17-6-9-1-10(7-17)3-11(2-9)8-17/h4-5,9-11,16H,1-3,6-8,21H2. The number of rotatable bonds is 2. The number of benzene rings is 1. The summed E-state index contributed by atoms with van der Waals surface area (Å²) in [4.78, 5) is 0. The van der Waals surface area contributed by atoms with Crippen LogP contribution in [0.1, 0.15) is 50.1 Å². The van der Waals surface area contributed by atoms with Gasteiger partial charge in [0.1, 0.15) is 5.82 Å². The Balaban J connectivity index is 1.71. The van der Waals surface area contributed by atoms with Crippen LogP contribution in [-0.4, -0.2) is 0 Å². The zero-order chi connectivity index (χ0) is 14.8. The first-order valence-corrected chi connectivity index (χ1v) is 9.04. The van der Waals surface area contributed by atoms with Crippen molar-refractivity contribution < 1.29 is 4.39 Å². The minimum Gasteiger partial charge on any atom is -0.323 e. The molecule has 1 aromatic rings. The molecular weight excluding hydrogens is 353 g/mol. The molecule has 0 heterocycles. The molecule has 0 amide bonds. The van der Waals surface area contributed by atoms with Crippen LogP contribution in [0.15, 0.2) is 16.6 Å². The molecule has 4 aliphatic carbocycles. The van der Waals surface area contributed by atoms with Gasteiger partial charge in [-0.1, -0.05) is 11.6 Å². The molecule has 0 aliphatic heterocycles. The van der Waals surface area contributed by atoms with Crippen molar-refractivity contribution in [2.45, 2.75) is 44.6 Å². The number of hydrogen-bond acceptors (Lipinski definition) is 1. The summed E-state index contributed by atoms with van der Waals surface area (Å²) in [6, 6.07) is 2.96. The molecule has 0 saturated heterocycles. The van der Waals surface area contributed by atoms with Gasteiger partial charge in [-0.05, 0) is 89.8 Å². The molecule has 1 atom stereocenters. The maximum Gasteiger partial charge on any atom is 0.129 e. The van der Waals surface area contributed by atoms with E-state index in [9.17, 15) is 4.39 Å². The van der Waals surface area contributed by atoms with Crippen LogP contribution in [0.2, 0.25) is 5.02 Å². The summed E-state index contributed by atoms with van der Waals surface area (Å²) in [6.07, 6.45) is 7.63. The molecule has 2 N–H and O–H groups in total. The fraction of sp³-hybridized carbons (Fsp3) is 0.647. The molecule has 0 aromatic heterocycles. The van der Waals surface area contributed by atoms with Crippen LogP contribution in [0.5, 0.6) is 0 Å². The normalized spacial score (nSPS) is 38.8. The van der Waals surface area contributed by atoms with Crippen LogP contribution < -0.4 is 5.73 Å². The predicted molar refractivity (Wildman–Crippen MR) is 86.6 cm³/mol. The van der Waals surface area contributed by atoms with Crippen molar-refractivity contribution in [1.82, 2.24) is 0 Å². The van der Waals surface area contributed by atoms with E-state index in [1.807, 2.05) is 0 Å². The van der Waals surface area contributed by atoms with Crippen molar-refractivity contribution in [3.05, 3.63) is 33.0 Å². The molecule has 4 bridgehead atoms. The largest absolute Gasteiger partial charge is 0.323 e. The molecule has 1 nitrogen and oxygen atoms in total. The fourth-order valence-electron chi connectivity index (χ4n) is 5.66. The van der Waals surface area contributed by atoms with Crippen molar-refractivity contribution in [2.75, 3.05) is 0 Å². The summed E-state index contributed by atoms with van der Waals surface area (Å²) in [5.74, 6) is 2.22. The lowest BCUT2D eigenvalue weighted by molar-refractivity contribution is -0.0682. The van der Waals surface area contributed by atoms with E-state index in [1.54, 1.807) is 6.07 Å². The summed E-state index contributed by atoms with van der Waals surface area (Å²) < 4.78 is 15.0. The summed E-state index contributed by atoms with van der Waals surface area (Å²) in [6.45, 7) is 0. The highest BCUT2D eigenvalue weighted by molar-refractivity contribution is 9.10. The second-order valence-electron chi connectivity index (χ2n) is 7.55. The minimum absolute atomic E-state index is 0.104. The van der Waals surface area contributed by atoms with Gasteiger partial charge in [-0.3, -0.25) is 0 Å². The maximum absolute atomic E-state index is 14.4. The summed E-state index contributed by atoms with van der Waals surface area (Å²) in [5, 5.41) is 0.548. The molecule has 1 unspecified atom stereocenters. The maximum atomic E-state index is 14.4. The van der Waals surface area contributed by atoms with Crippen molar-refractivity contribution in [1.29, 1.82) is 0 Å². The Hall–Kier alpha value is -0.120. The molecule has 5 rings (SSSR count).